The highest BCUT2D eigenvalue weighted by Gasteiger charge is 2.17. The van der Waals surface area contributed by atoms with Crippen LogP contribution < -0.4 is 19.7 Å². The molecule has 0 heterocycles. The Morgan fingerprint density at radius 3 is 2.44 bits per heavy atom. The predicted octanol–water partition coefficient (Wildman–Crippen LogP) is 4.31. The van der Waals surface area contributed by atoms with Crippen molar-refractivity contribution < 1.29 is 14.3 Å². The molecule has 0 aliphatic heterocycles. The van der Waals surface area contributed by atoms with Crippen molar-refractivity contribution >= 4 is 35.6 Å². The SMILES string of the molecule is CCOc1ccc(CN(C(=O)CCNC)c2ccc(OC)c(Cl)c2)cc1.Cl. The molecule has 0 saturated heterocycles. The molecule has 0 fully saturated rings. The van der Waals surface area contributed by atoms with E-state index in [0.717, 1.165) is 17.0 Å². The summed E-state index contributed by atoms with van der Waals surface area (Å²) in [4.78, 5) is 14.5. The summed E-state index contributed by atoms with van der Waals surface area (Å²) in [5.74, 6) is 1.42. The van der Waals surface area contributed by atoms with Crippen LogP contribution in [0, 0.1) is 0 Å². The first-order valence-electron chi connectivity index (χ1n) is 8.59. The van der Waals surface area contributed by atoms with Gasteiger partial charge in [0.15, 0.2) is 0 Å². The third kappa shape index (κ3) is 6.61. The smallest absolute Gasteiger partial charge is 0.228 e. The second-order valence-electron chi connectivity index (χ2n) is 5.73. The van der Waals surface area contributed by atoms with Gasteiger partial charge in [0.05, 0.1) is 25.3 Å². The lowest BCUT2D eigenvalue weighted by atomic mass is 10.1. The number of hydrogen-bond acceptors (Lipinski definition) is 4. The molecule has 2 aromatic rings. The summed E-state index contributed by atoms with van der Waals surface area (Å²) in [6, 6.07) is 13.1. The molecule has 0 saturated carbocycles. The lowest BCUT2D eigenvalue weighted by Crippen LogP contribution is -2.32. The Labute approximate surface area is 172 Å². The molecular formula is C20H26Cl2N2O3. The molecule has 27 heavy (non-hydrogen) atoms. The summed E-state index contributed by atoms with van der Waals surface area (Å²) < 4.78 is 10.7. The Balaban J connectivity index is 0.00000364. The van der Waals surface area contributed by atoms with Crippen LogP contribution in [0.25, 0.3) is 0 Å². The molecular weight excluding hydrogens is 387 g/mol. The topological polar surface area (TPSA) is 50.8 Å². The molecule has 1 N–H and O–H groups in total. The fourth-order valence-electron chi connectivity index (χ4n) is 2.55. The Bertz CT molecular complexity index is 724. The van der Waals surface area contributed by atoms with Gasteiger partial charge in [0, 0.05) is 18.7 Å². The number of nitrogens with one attached hydrogen (secondary N) is 1. The Morgan fingerprint density at radius 1 is 1.19 bits per heavy atom. The van der Waals surface area contributed by atoms with E-state index in [-0.39, 0.29) is 18.3 Å². The minimum absolute atomic E-state index is 0. The first-order valence-corrected chi connectivity index (χ1v) is 8.97. The van der Waals surface area contributed by atoms with Gasteiger partial charge in [-0.1, -0.05) is 23.7 Å². The van der Waals surface area contributed by atoms with Crippen LogP contribution in [-0.2, 0) is 11.3 Å². The van der Waals surface area contributed by atoms with Gasteiger partial charge in [0.25, 0.3) is 0 Å². The van der Waals surface area contributed by atoms with E-state index in [1.807, 2.05) is 44.3 Å². The first-order chi connectivity index (χ1) is 12.6. The second kappa shape index (κ2) is 11.7. The first kappa shape index (κ1) is 23.1. The van der Waals surface area contributed by atoms with Crippen LogP contribution in [0.3, 0.4) is 0 Å². The minimum atomic E-state index is 0. The van der Waals surface area contributed by atoms with Gasteiger partial charge in [-0.25, -0.2) is 0 Å². The highest BCUT2D eigenvalue weighted by Crippen LogP contribution is 2.30. The number of anilines is 1. The molecule has 0 aliphatic carbocycles. The maximum atomic E-state index is 12.7. The molecule has 7 heteroatoms. The molecule has 1 amide bonds. The third-order valence-corrected chi connectivity index (χ3v) is 4.21. The van der Waals surface area contributed by atoms with Crippen LogP contribution in [0.2, 0.25) is 5.02 Å². The Hall–Kier alpha value is -1.95. The van der Waals surface area contributed by atoms with Crippen LogP contribution in [0.4, 0.5) is 5.69 Å². The van der Waals surface area contributed by atoms with Crippen LogP contribution in [0.5, 0.6) is 11.5 Å². The molecule has 0 unspecified atom stereocenters. The van der Waals surface area contributed by atoms with Crippen molar-refractivity contribution in [3.8, 4) is 11.5 Å². The zero-order valence-corrected chi connectivity index (χ0v) is 17.4. The molecule has 2 aromatic carbocycles. The van der Waals surface area contributed by atoms with E-state index in [1.165, 1.54) is 0 Å². The van der Waals surface area contributed by atoms with E-state index in [0.29, 0.717) is 36.9 Å². The van der Waals surface area contributed by atoms with E-state index in [9.17, 15) is 4.79 Å². The largest absolute Gasteiger partial charge is 0.495 e. The van der Waals surface area contributed by atoms with Crippen molar-refractivity contribution in [2.45, 2.75) is 19.9 Å². The number of rotatable bonds is 9. The van der Waals surface area contributed by atoms with Crippen LogP contribution in [0.1, 0.15) is 18.9 Å². The van der Waals surface area contributed by atoms with E-state index in [2.05, 4.69) is 5.32 Å². The fraction of sp³-hybridized carbons (Fsp3) is 0.350. The molecule has 148 valence electrons. The number of carbonyl (C=O) groups excluding carboxylic acids is 1. The van der Waals surface area contributed by atoms with Crippen LogP contribution in [0.15, 0.2) is 42.5 Å². The van der Waals surface area contributed by atoms with Gasteiger partial charge >= 0.3 is 0 Å². The van der Waals surface area contributed by atoms with Crippen molar-refractivity contribution in [2.24, 2.45) is 0 Å². The van der Waals surface area contributed by atoms with Crippen LogP contribution >= 0.6 is 24.0 Å². The number of methoxy groups -OCH3 is 1. The van der Waals surface area contributed by atoms with E-state index in [1.54, 1.807) is 24.1 Å². The molecule has 0 aliphatic rings. The normalized spacial score (nSPS) is 10.1. The number of amides is 1. The lowest BCUT2D eigenvalue weighted by Gasteiger charge is -2.24. The zero-order valence-electron chi connectivity index (χ0n) is 15.8. The standard InChI is InChI=1S/C20H25ClN2O3.ClH/c1-4-26-17-8-5-15(6-9-17)14-23(20(24)11-12-22-2)16-7-10-19(25-3)18(21)13-16;/h5-10,13,22H,4,11-12,14H2,1-3H3;1H. The number of halogens is 2. The fourth-order valence-corrected chi connectivity index (χ4v) is 2.81. The van der Waals surface area contributed by atoms with E-state index in [4.69, 9.17) is 21.1 Å². The summed E-state index contributed by atoms with van der Waals surface area (Å²) in [5, 5.41) is 3.48. The average Bonchev–Trinajstić information content (AvgIpc) is 2.65. The number of ether oxygens (including phenoxy) is 2. The molecule has 2 rings (SSSR count). The summed E-state index contributed by atoms with van der Waals surface area (Å²) >= 11 is 6.25. The molecule has 0 spiro atoms. The highest BCUT2D eigenvalue weighted by atomic mass is 35.5. The van der Waals surface area contributed by atoms with E-state index >= 15 is 0 Å². The van der Waals surface area contributed by atoms with Gasteiger partial charge in [-0.2, -0.15) is 0 Å². The number of nitrogens with zero attached hydrogens (tertiary/aromatic N) is 1. The molecule has 0 atom stereocenters. The molecule has 0 radical (unpaired) electrons. The number of benzene rings is 2. The summed E-state index contributed by atoms with van der Waals surface area (Å²) in [5.41, 5.74) is 1.75. The summed E-state index contributed by atoms with van der Waals surface area (Å²) in [7, 11) is 3.39. The molecule has 0 aromatic heterocycles. The summed E-state index contributed by atoms with van der Waals surface area (Å²) in [6.45, 7) is 3.64. The van der Waals surface area contributed by atoms with Crippen molar-refractivity contribution in [3.05, 3.63) is 53.1 Å². The van der Waals surface area contributed by atoms with Gasteiger partial charge < -0.3 is 19.7 Å². The van der Waals surface area contributed by atoms with Gasteiger partial charge in [0.2, 0.25) is 5.91 Å². The van der Waals surface area contributed by atoms with E-state index < -0.39 is 0 Å². The molecule has 0 bridgehead atoms. The van der Waals surface area contributed by atoms with Crippen molar-refractivity contribution in [3.63, 3.8) is 0 Å². The average molecular weight is 413 g/mol. The van der Waals surface area contributed by atoms with Crippen molar-refractivity contribution in [2.75, 3.05) is 32.2 Å². The van der Waals surface area contributed by atoms with Crippen molar-refractivity contribution in [1.29, 1.82) is 0 Å². The lowest BCUT2D eigenvalue weighted by molar-refractivity contribution is -0.118. The minimum Gasteiger partial charge on any atom is -0.495 e. The second-order valence-corrected chi connectivity index (χ2v) is 6.14. The highest BCUT2D eigenvalue weighted by molar-refractivity contribution is 6.32. The van der Waals surface area contributed by atoms with Gasteiger partial charge in [-0.05, 0) is 49.9 Å². The Morgan fingerprint density at radius 2 is 1.89 bits per heavy atom. The number of hydrogen-bond donors (Lipinski definition) is 1. The van der Waals surface area contributed by atoms with Gasteiger partial charge in [-0.3, -0.25) is 4.79 Å². The van der Waals surface area contributed by atoms with Crippen LogP contribution in [-0.4, -0.2) is 33.2 Å². The molecule has 5 nitrogen and oxygen atoms in total. The van der Waals surface area contributed by atoms with Gasteiger partial charge in [0.1, 0.15) is 11.5 Å². The Kier molecular flexibility index (Phi) is 10.0. The summed E-state index contributed by atoms with van der Waals surface area (Å²) in [6.07, 6.45) is 0.400. The quantitative estimate of drug-likeness (QED) is 0.666. The maximum absolute atomic E-state index is 12.7. The third-order valence-electron chi connectivity index (χ3n) is 3.91. The zero-order chi connectivity index (χ0) is 18.9. The maximum Gasteiger partial charge on any atom is 0.228 e. The van der Waals surface area contributed by atoms with Gasteiger partial charge in [-0.15, -0.1) is 12.4 Å². The number of carbonyl (C=O) groups is 1. The van der Waals surface area contributed by atoms with Crippen molar-refractivity contribution in [1.82, 2.24) is 5.32 Å². The monoisotopic (exact) mass is 412 g/mol. The predicted molar refractivity (Wildman–Crippen MR) is 113 cm³/mol.